The van der Waals surface area contributed by atoms with Crippen molar-refractivity contribution in [1.82, 2.24) is 35.6 Å². The topological polar surface area (TPSA) is 234 Å². The summed E-state index contributed by atoms with van der Waals surface area (Å²) < 4.78 is 27.4. The van der Waals surface area contributed by atoms with Gasteiger partial charge in [-0.2, -0.15) is 5.21 Å². The summed E-state index contributed by atoms with van der Waals surface area (Å²) in [6.07, 6.45) is 0.639. The number of β-lactam (4-membered cyclic amide) rings is 1. The van der Waals surface area contributed by atoms with E-state index in [-0.39, 0.29) is 41.1 Å². The predicted octanol–water partition coefficient (Wildman–Crippen LogP) is -0.476. The average Bonchev–Trinajstić information content (AvgIpc) is 3.45. The average molecular weight is 613 g/mol. The Balaban J connectivity index is 1.54. The maximum absolute atomic E-state index is 13.1. The van der Waals surface area contributed by atoms with E-state index in [4.69, 9.17) is 5.73 Å². The summed E-state index contributed by atoms with van der Waals surface area (Å²) in [5.74, 6) is -2.73. The summed E-state index contributed by atoms with van der Waals surface area (Å²) in [6.45, 7) is 2.11. The van der Waals surface area contributed by atoms with Gasteiger partial charge in [0, 0.05) is 17.5 Å². The molecule has 7 N–H and O–H groups in total. The molecule has 2 aliphatic heterocycles. The molecule has 4 atom stereocenters. The number of fused-ring (bicyclic) bond motifs is 1. The van der Waals surface area contributed by atoms with Gasteiger partial charge in [0.2, 0.25) is 21.1 Å². The van der Waals surface area contributed by atoms with E-state index in [2.05, 4.69) is 30.7 Å². The minimum atomic E-state index is -3.63. The number of aromatic hydroxyl groups is 1. The molecule has 0 saturated carbocycles. The zero-order valence-corrected chi connectivity index (χ0v) is 23.6. The van der Waals surface area contributed by atoms with Crippen LogP contribution in [0, 0.1) is 0 Å². The molecule has 3 heterocycles. The lowest BCUT2D eigenvalue weighted by atomic mass is 9.99. The van der Waals surface area contributed by atoms with Gasteiger partial charge in [0.1, 0.15) is 28.9 Å². The van der Waals surface area contributed by atoms with Crippen molar-refractivity contribution in [3.63, 3.8) is 0 Å². The number of carboxylic acid groups (broad SMARTS) is 1. The Kier molecular flexibility index (Phi) is 9.34. The molecule has 1 fully saturated rings. The number of H-pyrrole nitrogens is 1. The van der Waals surface area contributed by atoms with E-state index >= 15 is 0 Å². The number of carbonyl (C=O) groups excluding carboxylic acids is 2. The number of nitrogens with two attached hydrogens (primary N) is 1. The highest BCUT2D eigenvalue weighted by atomic mass is 32.2. The number of sulfonamides is 1. The van der Waals surface area contributed by atoms with Crippen LogP contribution in [0.3, 0.4) is 0 Å². The van der Waals surface area contributed by atoms with E-state index in [1.807, 2.05) is 6.92 Å². The molecule has 2 aromatic rings. The molecule has 4 rings (SSSR count). The third-order valence-electron chi connectivity index (χ3n) is 6.22. The molecule has 1 aromatic carbocycles. The summed E-state index contributed by atoms with van der Waals surface area (Å²) >= 11 is 2.29. The van der Waals surface area contributed by atoms with Crippen LogP contribution in [0.15, 0.2) is 40.7 Å². The van der Waals surface area contributed by atoms with Crippen molar-refractivity contribution in [2.24, 2.45) is 5.73 Å². The van der Waals surface area contributed by atoms with Crippen LogP contribution in [-0.4, -0.2) is 96.7 Å². The van der Waals surface area contributed by atoms with Crippen LogP contribution in [0.2, 0.25) is 0 Å². The number of nitrogens with zero attached hydrogens (tertiary/aromatic N) is 4. The lowest BCUT2D eigenvalue weighted by molar-refractivity contribution is -0.150. The van der Waals surface area contributed by atoms with E-state index in [1.165, 1.54) is 36.0 Å². The molecule has 0 radical (unpaired) electrons. The number of nitrogens with one attached hydrogen (secondary N) is 3. The number of rotatable bonds is 13. The summed E-state index contributed by atoms with van der Waals surface area (Å²) in [6, 6.07) is 3.63. The number of hydrogen-bond donors (Lipinski definition) is 6. The maximum atomic E-state index is 13.1. The Bertz CT molecular complexity index is 1390. The minimum absolute atomic E-state index is 0.00851. The lowest BCUT2D eigenvalue weighted by Gasteiger charge is -2.50. The van der Waals surface area contributed by atoms with Crippen LogP contribution in [0.1, 0.15) is 31.4 Å². The number of carboxylic acids is 1. The first-order valence-corrected chi connectivity index (χ1v) is 15.7. The van der Waals surface area contributed by atoms with Gasteiger partial charge in [-0.05, 0) is 41.3 Å². The Morgan fingerprint density at radius 3 is 2.67 bits per heavy atom. The molecule has 15 nitrogen and oxygen atoms in total. The molecule has 216 valence electrons. The van der Waals surface area contributed by atoms with Crippen LogP contribution in [0.25, 0.3) is 0 Å². The van der Waals surface area contributed by atoms with Gasteiger partial charge in [0.05, 0.1) is 5.75 Å². The van der Waals surface area contributed by atoms with Gasteiger partial charge >= 0.3 is 5.97 Å². The third kappa shape index (κ3) is 6.57. The second-order valence-electron chi connectivity index (χ2n) is 8.95. The number of carbonyl (C=O) groups is 3. The highest BCUT2D eigenvalue weighted by molar-refractivity contribution is 8.01. The van der Waals surface area contributed by atoms with Crippen LogP contribution in [-0.2, 0) is 24.4 Å². The number of aromatic amines is 1. The lowest BCUT2D eigenvalue weighted by Crippen LogP contribution is -2.71. The van der Waals surface area contributed by atoms with Gasteiger partial charge < -0.3 is 21.3 Å². The second kappa shape index (κ2) is 12.5. The molecule has 40 heavy (non-hydrogen) atoms. The molecule has 0 spiro atoms. The van der Waals surface area contributed by atoms with Crippen LogP contribution in [0.4, 0.5) is 0 Å². The van der Waals surface area contributed by atoms with E-state index < -0.39 is 50.5 Å². The third-order valence-corrected chi connectivity index (χ3v) is 10.1. The second-order valence-corrected chi connectivity index (χ2v) is 13.1. The first kappa shape index (κ1) is 29.8. The highest BCUT2D eigenvalue weighted by Crippen LogP contribution is 2.44. The number of phenols is 1. The van der Waals surface area contributed by atoms with Crippen LogP contribution >= 0.6 is 23.5 Å². The summed E-state index contributed by atoms with van der Waals surface area (Å²) in [5.41, 5.74) is 6.53. The van der Waals surface area contributed by atoms with Gasteiger partial charge in [0.25, 0.3) is 5.91 Å². The quantitative estimate of drug-likeness (QED) is 0.124. The highest BCUT2D eigenvalue weighted by Gasteiger charge is 2.55. The largest absolute Gasteiger partial charge is 0.508 e. The fourth-order valence-electron chi connectivity index (χ4n) is 4.19. The van der Waals surface area contributed by atoms with Crippen molar-refractivity contribution < 1.29 is 33.0 Å². The number of amides is 2. The van der Waals surface area contributed by atoms with E-state index in [9.17, 15) is 33.0 Å². The first-order valence-electron chi connectivity index (χ1n) is 12.2. The number of phenolic OH excluding ortho intramolecular Hbond substituents is 1. The fourth-order valence-corrected chi connectivity index (χ4v) is 8.08. The molecule has 0 aliphatic carbocycles. The number of aromatic nitrogens is 4. The van der Waals surface area contributed by atoms with Gasteiger partial charge in [-0.25, -0.2) is 17.9 Å². The van der Waals surface area contributed by atoms with Crippen LogP contribution < -0.4 is 15.8 Å². The summed E-state index contributed by atoms with van der Waals surface area (Å²) in [7, 11) is -3.63. The molecule has 2 aliphatic rings. The molecular weight excluding hydrogens is 584 g/mol. The van der Waals surface area contributed by atoms with Gasteiger partial charge in [-0.15, -0.1) is 22.0 Å². The zero-order valence-electron chi connectivity index (χ0n) is 21.2. The Morgan fingerprint density at radius 1 is 1.32 bits per heavy atom. The molecule has 3 unspecified atom stereocenters. The van der Waals surface area contributed by atoms with Gasteiger partial charge in [-0.1, -0.05) is 30.8 Å². The first-order chi connectivity index (χ1) is 19.0. The van der Waals surface area contributed by atoms with Crippen molar-refractivity contribution in [3.05, 3.63) is 41.1 Å². The molecular formula is C22H28N8O7S3. The standard InChI is InChI=1S/C22H28N8O7S3/c1-2-8-24-40(36,37)9-7-14(39-22-26-28-29-27-22)13-10-38-20-16(19(33)30(20)17(13)21(34)35)25-18(32)15(23)11-3-5-12(31)6-4-11/h3-6,14-16,20,24,31H,2,7-10,23H2,1H3,(H,25,32)(H,34,35)(H,26,27,28,29)/t14?,15?,16?,20-/m0/s1. The number of aliphatic carboxylic acids is 1. The summed E-state index contributed by atoms with van der Waals surface area (Å²) in [4.78, 5) is 39.4. The Hall–Kier alpha value is -3.19. The molecule has 2 amide bonds. The smallest absolute Gasteiger partial charge is 0.352 e. The van der Waals surface area contributed by atoms with Crippen molar-refractivity contribution in [1.29, 1.82) is 0 Å². The molecule has 1 saturated heterocycles. The van der Waals surface area contributed by atoms with E-state index in [0.717, 1.165) is 16.7 Å². The van der Waals surface area contributed by atoms with Crippen molar-refractivity contribution in [3.8, 4) is 5.75 Å². The molecule has 0 bridgehead atoms. The fraction of sp³-hybridized carbons (Fsp3) is 0.455. The molecule has 1 aromatic heterocycles. The SMILES string of the molecule is CCCNS(=O)(=O)CCC(Sc1nn[nH]n1)C1=C(C(=O)O)N2C(=O)C(NC(=O)C(N)c3ccc(O)cc3)[C@@H]2SC1. The minimum Gasteiger partial charge on any atom is -0.508 e. The van der Waals surface area contributed by atoms with Crippen LogP contribution in [0.5, 0.6) is 5.75 Å². The number of benzene rings is 1. The van der Waals surface area contributed by atoms with Crippen molar-refractivity contribution in [2.75, 3.05) is 18.1 Å². The van der Waals surface area contributed by atoms with E-state index in [1.54, 1.807) is 0 Å². The predicted molar refractivity (Wildman–Crippen MR) is 145 cm³/mol. The van der Waals surface area contributed by atoms with Gasteiger partial charge in [-0.3, -0.25) is 14.5 Å². The number of tetrazole rings is 1. The zero-order chi connectivity index (χ0) is 29.0. The monoisotopic (exact) mass is 612 g/mol. The Labute approximate surface area is 237 Å². The molecule has 18 heteroatoms. The van der Waals surface area contributed by atoms with Crippen molar-refractivity contribution >= 4 is 51.3 Å². The summed E-state index contributed by atoms with van der Waals surface area (Å²) in [5, 5.41) is 34.6. The number of thioether (sulfide) groups is 2. The normalized spacial score (nSPS) is 20.4. The maximum Gasteiger partial charge on any atom is 0.352 e. The Morgan fingerprint density at radius 2 is 2.05 bits per heavy atom. The van der Waals surface area contributed by atoms with E-state index in [0.29, 0.717) is 17.6 Å². The number of hydrogen-bond acceptors (Lipinski definition) is 12. The van der Waals surface area contributed by atoms with Gasteiger partial charge in [0.15, 0.2) is 0 Å². The van der Waals surface area contributed by atoms with Crippen molar-refractivity contribution in [2.45, 2.75) is 47.6 Å².